The molecular formula is C15H17O3P. The summed E-state index contributed by atoms with van der Waals surface area (Å²) in [6, 6.07) is 15.1. The minimum absolute atomic E-state index is 0.657. The fourth-order valence-electron chi connectivity index (χ4n) is 1.62. The van der Waals surface area contributed by atoms with Gasteiger partial charge in [-0.15, -0.1) is 0 Å². The van der Waals surface area contributed by atoms with Crippen molar-refractivity contribution in [1.82, 2.24) is 0 Å². The van der Waals surface area contributed by atoms with Gasteiger partial charge in [0.25, 0.3) is 0 Å². The first-order valence-electron chi connectivity index (χ1n) is 6.20. The molecule has 0 spiro atoms. The van der Waals surface area contributed by atoms with E-state index in [9.17, 15) is 0 Å². The van der Waals surface area contributed by atoms with Crippen LogP contribution in [0.15, 0.2) is 48.5 Å². The molecule has 0 saturated carbocycles. The quantitative estimate of drug-likeness (QED) is 0.730. The molecule has 2 rings (SSSR count). The topological polar surface area (TPSA) is 27.7 Å². The first-order chi connectivity index (χ1) is 9.35. The third-order valence-corrected chi connectivity index (χ3v) is 2.76. The van der Waals surface area contributed by atoms with Gasteiger partial charge in [-0.2, -0.15) is 0 Å². The molecule has 0 aliphatic rings. The Morgan fingerprint density at radius 3 is 1.95 bits per heavy atom. The summed E-state index contributed by atoms with van der Waals surface area (Å²) in [5.74, 6) is 2.75. The van der Waals surface area contributed by atoms with Crippen molar-refractivity contribution in [3.8, 4) is 23.0 Å². The SMILES string of the molecule is CCCOc1ccccc1Oc1ccccc1OP. The largest absolute Gasteiger partial charge is 0.490 e. The van der Waals surface area contributed by atoms with Crippen molar-refractivity contribution in [2.24, 2.45) is 0 Å². The van der Waals surface area contributed by atoms with Crippen LogP contribution in [-0.2, 0) is 0 Å². The summed E-state index contributed by atoms with van der Waals surface area (Å²) >= 11 is 0. The van der Waals surface area contributed by atoms with Crippen LogP contribution in [0.25, 0.3) is 0 Å². The number of ether oxygens (including phenoxy) is 2. The van der Waals surface area contributed by atoms with E-state index in [1.807, 2.05) is 48.5 Å². The van der Waals surface area contributed by atoms with Crippen molar-refractivity contribution < 1.29 is 14.0 Å². The van der Waals surface area contributed by atoms with Gasteiger partial charge in [-0.05, 0) is 30.7 Å². The summed E-state index contributed by atoms with van der Waals surface area (Å²) in [6.45, 7) is 2.74. The predicted molar refractivity (Wildman–Crippen MR) is 79.1 cm³/mol. The van der Waals surface area contributed by atoms with E-state index < -0.39 is 0 Å². The Morgan fingerprint density at radius 1 is 0.842 bits per heavy atom. The fraction of sp³-hybridized carbons (Fsp3) is 0.200. The summed E-state index contributed by atoms with van der Waals surface area (Å²) < 4.78 is 16.7. The van der Waals surface area contributed by atoms with Crippen LogP contribution in [0.5, 0.6) is 23.0 Å². The minimum atomic E-state index is 0.657. The minimum Gasteiger partial charge on any atom is -0.490 e. The van der Waals surface area contributed by atoms with Crippen molar-refractivity contribution in [2.45, 2.75) is 13.3 Å². The maximum Gasteiger partial charge on any atom is 0.169 e. The highest BCUT2D eigenvalue weighted by molar-refractivity contribution is 7.10. The summed E-state index contributed by atoms with van der Waals surface area (Å²) in [4.78, 5) is 0. The van der Waals surface area contributed by atoms with E-state index in [4.69, 9.17) is 14.0 Å². The zero-order chi connectivity index (χ0) is 13.5. The molecule has 2 aromatic carbocycles. The van der Waals surface area contributed by atoms with Crippen molar-refractivity contribution in [1.29, 1.82) is 0 Å². The second-order valence-electron chi connectivity index (χ2n) is 3.96. The number of hydrogen-bond donors (Lipinski definition) is 0. The number of rotatable bonds is 6. The van der Waals surface area contributed by atoms with Gasteiger partial charge in [0.2, 0.25) is 0 Å². The van der Waals surface area contributed by atoms with Gasteiger partial charge in [0.1, 0.15) is 0 Å². The molecule has 0 aliphatic heterocycles. The molecule has 0 bridgehead atoms. The van der Waals surface area contributed by atoms with Gasteiger partial charge < -0.3 is 14.0 Å². The Hall–Kier alpha value is -1.73. The van der Waals surface area contributed by atoms with Crippen LogP contribution in [0.3, 0.4) is 0 Å². The molecule has 100 valence electrons. The molecule has 0 aromatic heterocycles. The highest BCUT2D eigenvalue weighted by Gasteiger charge is 2.08. The third kappa shape index (κ3) is 3.62. The molecule has 0 radical (unpaired) electrons. The molecule has 3 nitrogen and oxygen atoms in total. The molecule has 0 fully saturated rings. The molecule has 0 amide bonds. The van der Waals surface area contributed by atoms with E-state index in [1.54, 1.807) is 0 Å². The molecule has 0 heterocycles. The first kappa shape index (κ1) is 13.7. The van der Waals surface area contributed by atoms with Crippen LogP contribution in [0.2, 0.25) is 0 Å². The van der Waals surface area contributed by atoms with Gasteiger partial charge in [0, 0.05) is 0 Å². The molecule has 4 heteroatoms. The third-order valence-electron chi connectivity index (χ3n) is 2.51. The second-order valence-corrected chi connectivity index (χ2v) is 4.20. The Labute approximate surface area is 115 Å². The Morgan fingerprint density at radius 2 is 1.37 bits per heavy atom. The van der Waals surface area contributed by atoms with E-state index in [2.05, 4.69) is 16.4 Å². The van der Waals surface area contributed by atoms with E-state index in [1.165, 1.54) is 0 Å². The van der Waals surface area contributed by atoms with Gasteiger partial charge in [-0.3, -0.25) is 0 Å². The van der Waals surface area contributed by atoms with Crippen molar-refractivity contribution in [3.63, 3.8) is 0 Å². The molecule has 0 aliphatic carbocycles. The fourth-order valence-corrected chi connectivity index (χ4v) is 1.81. The van der Waals surface area contributed by atoms with E-state index in [0.717, 1.165) is 12.2 Å². The number of para-hydroxylation sites is 4. The maximum absolute atomic E-state index is 5.87. The molecule has 1 atom stereocenters. The Kier molecular flexibility index (Phi) is 5.05. The van der Waals surface area contributed by atoms with Gasteiger partial charge in [0.15, 0.2) is 23.0 Å². The number of hydrogen-bond acceptors (Lipinski definition) is 3. The molecule has 0 saturated heterocycles. The van der Waals surface area contributed by atoms with Crippen molar-refractivity contribution >= 4 is 9.47 Å². The van der Waals surface area contributed by atoms with Crippen LogP contribution in [-0.4, -0.2) is 6.61 Å². The predicted octanol–water partition coefficient (Wildman–Crippen LogP) is 4.44. The van der Waals surface area contributed by atoms with Crippen LogP contribution in [0.4, 0.5) is 0 Å². The standard InChI is InChI=1S/C15H17O3P/c1-2-11-16-12-7-3-4-8-13(12)17-14-9-5-6-10-15(14)18-19/h3-10H,2,11,19H2,1H3. The van der Waals surface area contributed by atoms with E-state index >= 15 is 0 Å². The molecule has 1 unspecified atom stereocenters. The Bertz CT molecular complexity index is 528. The van der Waals surface area contributed by atoms with Gasteiger partial charge in [-0.1, -0.05) is 31.2 Å². The second kappa shape index (κ2) is 7.01. The monoisotopic (exact) mass is 276 g/mol. The molecule has 0 N–H and O–H groups in total. The lowest BCUT2D eigenvalue weighted by Crippen LogP contribution is -1.97. The van der Waals surface area contributed by atoms with Gasteiger partial charge in [-0.25, -0.2) is 0 Å². The van der Waals surface area contributed by atoms with Crippen LogP contribution >= 0.6 is 9.47 Å². The molecule has 2 aromatic rings. The van der Waals surface area contributed by atoms with Crippen LogP contribution < -0.4 is 14.0 Å². The van der Waals surface area contributed by atoms with Crippen molar-refractivity contribution in [3.05, 3.63) is 48.5 Å². The smallest absolute Gasteiger partial charge is 0.169 e. The van der Waals surface area contributed by atoms with Crippen molar-refractivity contribution in [2.75, 3.05) is 6.61 Å². The summed E-state index contributed by atoms with van der Waals surface area (Å²) in [7, 11) is 2.22. The van der Waals surface area contributed by atoms with E-state index in [-0.39, 0.29) is 0 Å². The Balaban J connectivity index is 2.22. The first-order valence-corrected chi connectivity index (χ1v) is 6.67. The summed E-state index contributed by atoms with van der Waals surface area (Å²) in [5.41, 5.74) is 0. The highest BCUT2D eigenvalue weighted by Crippen LogP contribution is 2.36. The van der Waals surface area contributed by atoms with Crippen LogP contribution in [0.1, 0.15) is 13.3 Å². The van der Waals surface area contributed by atoms with Crippen LogP contribution in [0, 0.1) is 0 Å². The van der Waals surface area contributed by atoms with E-state index in [0.29, 0.717) is 23.9 Å². The zero-order valence-corrected chi connectivity index (χ0v) is 12.0. The van der Waals surface area contributed by atoms with Gasteiger partial charge in [0.05, 0.1) is 16.1 Å². The lowest BCUT2D eigenvalue weighted by atomic mass is 10.3. The summed E-state index contributed by atoms with van der Waals surface area (Å²) in [6.07, 6.45) is 0.958. The normalized spacial score (nSPS) is 10.0. The average Bonchev–Trinajstić information content (AvgIpc) is 2.47. The summed E-state index contributed by atoms with van der Waals surface area (Å²) in [5, 5.41) is 0. The number of benzene rings is 2. The molecule has 19 heavy (non-hydrogen) atoms. The highest BCUT2D eigenvalue weighted by atomic mass is 31.0. The average molecular weight is 276 g/mol. The maximum atomic E-state index is 5.87. The lowest BCUT2D eigenvalue weighted by molar-refractivity contribution is 0.301. The lowest BCUT2D eigenvalue weighted by Gasteiger charge is -2.13. The molecular weight excluding hydrogens is 259 g/mol. The zero-order valence-electron chi connectivity index (χ0n) is 10.8. The van der Waals surface area contributed by atoms with Gasteiger partial charge >= 0.3 is 0 Å².